The van der Waals surface area contributed by atoms with Crippen LogP contribution in [-0.2, 0) is 10.9 Å². The van der Waals surface area contributed by atoms with Gasteiger partial charge >= 0.3 is 0 Å². The summed E-state index contributed by atoms with van der Waals surface area (Å²) in [6, 6.07) is 8.95. The van der Waals surface area contributed by atoms with Gasteiger partial charge in [0.15, 0.2) is 4.91 Å². The van der Waals surface area contributed by atoms with E-state index in [1.165, 1.54) is 0 Å². The zero-order valence-corrected chi connectivity index (χ0v) is 10.9. The zero-order chi connectivity index (χ0) is 12.3. The number of hydrogen-bond acceptors (Lipinski definition) is 2. The maximum absolute atomic E-state index is 11.8. The third-order valence-electron chi connectivity index (χ3n) is 2.73. The molecule has 17 heavy (non-hydrogen) atoms. The van der Waals surface area contributed by atoms with Crippen molar-refractivity contribution < 1.29 is 5.11 Å². The van der Waals surface area contributed by atoms with Gasteiger partial charge in [0.05, 0.1) is 6.07 Å². The van der Waals surface area contributed by atoms with E-state index < -0.39 is 5.76 Å². The quantitative estimate of drug-likeness (QED) is 0.468. The van der Waals surface area contributed by atoms with Crippen molar-refractivity contribution in [1.82, 2.24) is 0 Å². The second-order valence-electron chi connectivity index (χ2n) is 3.89. The third kappa shape index (κ3) is 2.77. The summed E-state index contributed by atoms with van der Waals surface area (Å²) >= 11 is 5.83. The van der Waals surface area contributed by atoms with Gasteiger partial charge in [-0.25, -0.2) is 0 Å². The fraction of sp³-hybridized carbons (Fsp3) is 0.308. The lowest BCUT2D eigenvalue weighted by atomic mass is 10.2. The topological polar surface area (TPSA) is 46.8 Å². The predicted octanol–water partition coefficient (Wildman–Crippen LogP) is 2.30. The molecule has 2 rings (SSSR count). The number of nitrogens with zero attached hydrogens (tertiary/aromatic N) is 1. The monoisotopic (exact) mass is 265 g/mol. The van der Waals surface area contributed by atoms with Gasteiger partial charge in [-0.1, -0.05) is 11.6 Å². The van der Waals surface area contributed by atoms with E-state index in [0.717, 1.165) is 29.9 Å². The van der Waals surface area contributed by atoms with Crippen LogP contribution < -0.4 is 5.11 Å². The first-order valence-electron chi connectivity index (χ1n) is 5.47. The molecular formula is C13H12ClNOS. The first kappa shape index (κ1) is 12.3. The molecule has 1 saturated heterocycles. The lowest BCUT2D eigenvalue weighted by Gasteiger charge is -2.11. The van der Waals surface area contributed by atoms with Crippen LogP contribution in [0.15, 0.2) is 30.0 Å². The van der Waals surface area contributed by atoms with Crippen LogP contribution in [0.4, 0.5) is 0 Å². The molecule has 0 bridgehead atoms. The average Bonchev–Trinajstić information content (AvgIpc) is 2.85. The SMILES string of the molecule is N#C/C([O-])=C(/c1ccc(Cl)cc1)[S+]1CCCC1. The fourth-order valence-electron chi connectivity index (χ4n) is 1.94. The Morgan fingerprint density at radius 1 is 1.24 bits per heavy atom. The normalized spacial score (nSPS) is 17.6. The van der Waals surface area contributed by atoms with Crippen molar-refractivity contribution in [2.75, 3.05) is 11.5 Å². The molecular weight excluding hydrogens is 254 g/mol. The maximum atomic E-state index is 11.8. The summed E-state index contributed by atoms with van der Waals surface area (Å²) in [5.41, 5.74) is 0.853. The molecule has 0 unspecified atom stereocenters. The minimum atomic E-state index is -0.391. The van der Waals surface area contributed by atoms with Crippen LogP contribution in [0.2, 0.25) is 5.02 Å². The van der Waals surface area contributed by atoms with Crippen molar-refractivity contribution >= 4 is 27.4 Å². The highest BCUT2D eigenvalue weighted by Gasteiger charge is 2.31. The van der Waals surface area contributed by atoms with E-state index in [1.807, 2.05) is 12.1 Å². The number of allylic oxidation sites excluding steroid dienone is 1. The van der Waals surface area contributed by atoms with E-state index in [-0.39, 0.29) is 10.9 Å². The summed E-state index contributed by atoms with van der Waals surface area (Å²) in [6.45, 7) is 0. The van der Waals surface area contributed by atoms with Gasteiger partial charge in [0.25, 0.3) is 0 Å². The second-order valence-corrected chi connectivity index (χ2v) is 6.53. The van der Waals surface area contributed by atoms with Crippen LogP contribution in [-0.4, -0.2) is 11.5 Å². The molecule has 0 aromatic heterocycles. The first-order chi connectivity index (χ1) is 8.22. The zero-order valence-electron chi connectivity index (χ0n) is 9.28. The summed E-state index contributed by atoms with van der Waals surface area (Å²) in [4.78, 5) is 0.696. The highest BCUT2D eigenvalue weighted by molar-refractivity contribution is 8.05. The number of benzene rings is 1. The minimum Gasteiger partial charge on any atom is -0.861 e. The highest BCUT2D eigenvalue weighted by Crippen LogP contribution is 2.31. The molecule has 4 heteroatoms. The fourth-order valence-corrected chi connectivity index (χ4v) is 4.56. The molecule has 88 valence electrons. The molecule has 1 fully saturated rings. The molecule has 1 aliphatic rings. The lowest BCUT2D eigenvalue weighted by molar-refractivity contribution is -0.291. The van der Waals surface area contributed by atoms with Crippen molar-refractivity contribution in [2.45, 2.75) is 12.8 Å². The smallest absolute Gasteiger partial charge is 0.164 e. The molecule has 1 aromatic carbocycles. The Bertz CT molecular complexity index is 469. The summed E-state index contributed by atoms with van der Waals surface area (Å²) in [7, 11) is -0.0511. The van der Waals surface area contributed by atoms with Gasteiger partial charge in [0.2, 0.25) is 0 Å². The molecule has 2 nitrogen and oxygen atoms in total. The minimum absolute atomic E-state index is 0.0511. The standard InChI is InChI=1S/C13H12ClNOS/c14-11-5-3-10(4-6-11)13(12(16)9-15)17-7-1-2-8-17/h3-6H,1-2,7-8H2/b13-12+. The number of hydrogen-bond donors (Lipinski definition) is 0. The van der Waals surface area contributed by atoms with Crippen LogP contribution in [0.3, 0.4) is 0 Å². The van der Waals surface area contributed by atoms with E-state index in [0.29, 0.717) is 9.93 Å². The van der Waals surface area contributed by atoms with Gasteiger partial charge in [-0.2, -0.15) is 5.26 Å². The van der Waals surface area contributed by atoms with Crippen LogP contribution in [0, 0.1) is 11.3 Å². The summed E-state index contributed by atoms with van der Waals surface area (Å²) < 4.78 is 0. The van der Waals surface area contributed by atoms with Crippen molar-refractivity contribution in [3.63, 3.8) is 0 Å². The van der Waals surface area contributed by atoms with Crippen LogP contribution in [0.25, 0.3) is 4.91 Å². The highest BCUT2D eigenvalue weighted by atomic mass is 35.5. The molecule has 0 atom stereocenters. The van der Waals surface area contributed by atoms with Crippen LogP contribution >= 0.6 is 11.6 Å². The Balaban J connectivity index is 2.41. The largest absolute Gasteiger partial charge is 0.861 e. The summed E-state index contributed by atoms with van der Waals surface area (Å²) in [5.74, 6) is 1.68. The molecule has 0 aliphatic carbocycles. The van der Waals surface area contributed by atoms with Gasteiger partial charge < -0.3 is 5.11 Å². The van der Waals surface area contributed by atoms with Crippen molar-refractivity contribution in [3.05, 3.63) is 40.6 Å². The van der Waals surface area contributed by atoms with E-state index in [4.69, 9.17) is 16.9 Å². The molecule has 1 aromatic rings. The van der Waals surface area contributed by atoms with Gasteiger partial charge in [0, 0.05) is 27.2 Å². The number of nitriles is 1. The van der Waals surface area contributed by atoms with Crippen LogP contribution in [0.1, 0.15) is 18.4 Å². The Morgan fingerprint density at radius 3 is 2.35 bits per heavy atom. The van der Waals surface area contributed by atoms with Gasteiger partial charge in [-0.3, -0.25) is 0 Å². The first-order valence-corrected chi connectivity index (χ1v) is 7.41. The van der Waals surface area contributed by atoms with Gasteiger partial charge in [0.1, 0.15) is 11.5 Å². The Kier molecular flexibility index (Phi) is 3.98. The molecule has 0 amide bonds. The third-order valence-corrected chi connectivity index (χ3v) is 5.55. The van der Waals surface area contributed by atoms with Crippen molar-refractivity contribution in [3.8, 4) is 6.07 Å². The Hall–Kier alpha value is -1.11. The number of halogens is 1. The van der Waals surface area contributed by atoms with E-state index in [1.54, 1.807) is 18.2 Å². The van der Waals surface area contributed by atoms with Gasteiger partial charge in [-0.05, 0) is 37.1 Å². The predicted molar refractivity (Wildman–Crippen MR) is 70.3 cm³/mol. The van der Waals surface area contributed by atoms with Crippen LogP contribution in [0.5, 0.6) is 0 Å². The molecule has 0 spiro atoms. The van der Waals surface area contributed by atoms with Gasteiger partial charge in [-0.15, -0.1) is 0 Å². The molecule has 0 saturated carbocycles. The van der Waals surface area contributed by atoms with Crippen molar-refractivity contribution in [1.29, 1.82) is 5.26 Å². The van der Waals surface area contributed by atoms with E-state index in [2.05, 4.69) is 0 Å². The molecule has 0 N–H and O–H groups in total. The maximum Gasteiger partial charge on any atom is 0.164 e. The number of rotatable bonds is 2. The van der Waals surface area contributed by atoms with Crippen molar-refractivity contribution in [2.24, 2.45) is 0 Å². The average molecular weight is 266 g/mol. The second kappa shape index (κ2) is 5.48. The molecule has 0 radical (unpaired) electrons. The molecule has 1 aliphatic heterocycles. The summed E-state index contributed by atoms with van der Waals surface area (Å²) in [5, 5.41) is 21.2. The Morgan fingerprint density at radius 2 is 1.82 bits per heavy atom. The molecule has 1 heterocycles. The van der Waals surface area contributed by atoms with E-state index in [9.17, 15) is 5.11 Å². The summed E-state index contributed by atoms with van der Waals surface area (Å²) in [6.07, 6.45) is 2.30. The lowest BCUT2D eigenvalue weighted by Crippen LogP contribution is -2.14. The van der Waals surface area contributed by atoms with E-state index >= 15 is 0 Å². The Labute approximate surface area is 109 Å².